The molecule has 0 spiro atoms. The highest BCUT2D eigenvalue weighted by molar-refractivity contribution is 7.70. The molecule has 0 saturated heterocycles. The van der Waals surface area contributed by atoms with E-state index in [0.717, 1.165) is 10.9 Å². The molecule has 0 aliphatic rings. The van der Waals surface area contributed by atoms with Crippen LogP contribution in [0.1, 0.15) is 6.92 Å². The van der Waals surface area contributed by atoms with Crippen LogP contribution in [0.2, 0.25) is 0 Å². The molecule has 7 nitrogen and oxygen atoms in total. The Kier molecular flexibility index (Phi) is 4.44. The molecular formula is C16H17N4O3P. The minimum absolute atomic E-state index is 0.348. The van der Waals surface area contributed by atoms with Crippen LogP contribution in [0.25, 0.3) is 23.0 Å². The SMILES string of the molecule is CCOc1cnc(-c2noc(-c3ccc(P(C)(C)=O)cc3)n2)cn1. The molecule has 2 heterocycles. The van der Waals surface area contributed by atoms with E-state index in [0.29, 0.717) is 29.9 Å². The first kappa shape index (κ1) is 16.3. The van der Waals surface area contributed by atoms with Gasteiger partial charge in [-0.25, -0.2) is 9.97 Å². The Balaban J connectivity index is 1.83. The van der Waals surface area contributed by atoms with Crippen molar-refractivity contribution >= 4 is 12.4 Å². The zero-order valence-electron chi connectivity index (χ0n) is 13.6. The zero-order chi connectivity index (χ0) is 17.2. The number of nitrogens with zero attached hydrogens (tertiary/aromatic N) is 4. The van der Waals surface area contributed by atoms with Crippen molar-refractivity contribution in [2.24, 2.45) is 0 Å². The van der Waals surface area contributed by atoms with Gasteiger partial charge in [-0.05, 0) is 32.4 Å². The fourth-order valence-corrected chi connectivity index (χ4v) is 2.93. The van der Waals surface area contributed by atoms with Crippen molar-refractivity contribution in [3.8, 4) is 28.9 Å². The normalized spacial score (nSPS) is 11.5. The lowest BCUT2D eigenvalue weighted by Gasteiger charge is -2.06. The maximum atomic E-state index is 12.1. The van der Waals surface area contributed by atoms with Crippen molar-refractivity contribution in [2.45, 2.75) is 6.92 Å². The lowest BCUT2D eigenvalue weighted by molar-refractivity contribution is 0.325. The van der Waals surface area contributed by atoms with Crippen LogP contribution in [0.3, 0.4) is 0 Å². The Morgan fingerprint density at radius 2 is 1.88 bits per heavy atom. The summed E-state index contributed by atoms with van der Waals surface area (Å²) in [5, 5.41) is 4.73. The summed E-state index contributed by atoms with van der Waals surface area (Å²) in [6.07, 6.45) is 3.05. The maximum Gasteiger partial charge on any atom is 0.258 e. The van der Waals surface area contributed by atoms with Crippen molar-refractivity contribution in [1.29, 1.82) is 0 Å². The van der Waals surface area contributed by atoms with Crippen molar-refractivity contribution in [2.75, 3.05) is 19.9 Å². The van der Waals surface area contributed by atoms with Crippen molar-refractivity contribution < 1.29 is 13.8 Å². The van der Waals surface area contributed by atoms with E-state index in [2.05, 4.69) is 20.1 Å². The standard InChI is InChI=1S/C16H17N4O3P/c1-4-22-14-10-17-13(9-18-14)15-19-16(23-20-15)11-5-7-12(8-6-11)24(2,3)21/h5-10H,4H2,1-3H3. The number of hydrogen-bond acceptors (Lipinski definition) is 7. The molecule has 2 aromatic heterocycles. The Bertz CT molecular complexity index is 869. The van der Waals surface area contributed by atoms with Crippen molar-refractivity contribution in [3.05, 3.63) is 36.7 Å². The molecule has 1 aromatic carbocycles. The van der Waals surface area contributed by atoms with Crippen molar-refractivity contribution in [3.63, 3.8) is 0 Å². The molecule has 0 unspecified atom stereocenters. The largest absolute Gasteiger partial charge is 0.477 e. The van der Waals surface area contributed by atoms with Crippen LogP contribution < -0.4 is 10.0 Å². The second-order valence-electron chi connectivity index (χ2n) is 5.49. The predicted octanol–water partition coefficient (Wildman–Crippen LogP) is 2.84. The highest BCUT2D eigenvalue weighted by atomic mass is 31.2. The summed E-state index contributed by atoms with van der Waals surface area (Å²) in [7, 11) is -2.28. The van der Waals surface area contributed by atoms with Gasteiger partial charge in [0, 0.05) is 10.9 Å². The number of aromatic nitrogens is 4. The molecule has 0 bridgehead atoms. The van der Waals surface area contributed by atoms with Crippen LogP contribution in [0.15, 0.2) is 41.2 Å². The van der Waals surface area contributed by atoms with Crippen molar-refractivity contribution in [1.82, 2.24) is 20.1 Å². The van der Waals surface area contributed by atoms with Gasteiger partial charge >= 0.3 is 0 Å². The number of benzene rings is 1. The van der Waals surface area contributed by atoms with E-state index >= 15 is 0 Å². The second-order valence-corrected chi connectivity index (χ2v) is 8.71. The summed E-state index contributed by atoms with van der Waals surface area (Å²) in [6, 6.07) is 7.26. The first-order chi connectivity index (χ1) is 11.5. The second kappa shape index (κ2) is 6.53. The molecule has 0 fully saturated rings. The van der Waals surface area contributed by atoms with E-state index in [-0.39, 0.29) is 0 Å². The van der Waals surface area contributed by atoms with Crippen LogP contribution in [0.5, 0.6) is 5.88 Å². The van der Waals surface area contributed by atoms with E-state index < -0.39 is 7.14 Å². The van der Waals surface area contributed by atoms with E-state index in [1.165, 1.54) is 12.4 Å². The summed E-state index contributed by atoms with van der Waals surface area (Å²) >= 11 is 0. The summed E-state index contributed by atoms with van der Waals surface area (Å²) in [5.41, 5.74) is 1.25. The van der Waals surface area contributed by atoms with Crippen LogP contribution in [0, 0.1) is 0 Å². The zero-order valence-corrected chi connectivity index (χ0v) is 14.5. The Morgan fingerprint density at radius 1 is 1.12 bits per heavy atom. The van der Waals surface area contributed by atoms with E-state index in [1.54, 1.807) is 13.3 Å². The first-order valence-electron chi connectivity index (χ1n) is 7.42. The fraction of sp³-hybridized carbons (Fsp3) is 0.250. The Labute approximate surface area is 139 Å². The minimum atomic E-state index is -2.28. The van der Waals surface area contributed by atoms with Crippen LogP contribution in [-0.2, 0) is 4.57 Å². The number of ether oxygens (including phenoxy) is 1. The van der Waals surface area contributed by atoms with Gasteiger partial charge in [0.15, 0.2) is 0 Å². The van der Waals surface area contributed by atoms with Crippen LogP contribution >= 0.6 is 7.14 Å². The van der Waals surface area contributed by atoms with Gasteiger partial charge < -0.3 is 13.8 Å². The van der Waals surface area contributed by atoms with E-state index in [1.807, 2.05) is 31.2 Å². The number of hydrogen-bond donors (Lipinski definition) is 0. The van der Waals surface area contributed by atoms with Gasteiger partial charge in [0.2, 0.25) is 11.7 Å². The average Bonchev–Trinajstić information content (AvgIpc) is 3.05. The van der Waals surface area contributed by atoms with E-state index in [9.17, 15) is 4.57 Å². The summed E-state index contributed by atoms with van der Waals surface area (Å²) in [4.78, 5) is 12.7. The quantitative estimate of drug-likeness (QED) is 0.657. The van der Waals surface area contributed by atoms with Gasteiger partial charge in [-0.2, -0.15) is 4.98 Å². The van der Waals surface area contributed by atoms with Crippen LogP contribution in [0.4, 0.5) is 0 Å². The average molecular weight is 344 g/mol. The molecule has 0 saturated carbocycles. The molecule has 0 N–H and O–H groups in total. The molecule has 124 valence electrons. The minimum Gasteiger partial charge on any atom is -0.477 e. The Hall–Kier alpha value is -2.53. The monoisotopic (exact) mass is 344 g/mol. The molecule has 0 atom stereocenters. The Morgan fingerprint density at radius 3 is 2.46 bits per heavy atom. The third-order valence-corrected chi connectivity index (χ3v) is 4.85. The molecule has 24 heavy (non-hydrogen) atoms. The molecule has 0 radical (unpaired) electrons. The first-order valence-corrected chi connectivity index (χ1v) is 10.0. The highest BCUT2D eigenvalue weighted by Crippen LogP contribution is 2.35. The van der Waals surface area contributed by atoms with E-state index in [4.69, 9.17) is 9.26 Å². The van der Waals surface area contributed by atoms with Crippen LogP contribution in [-0.4, -0.2) is 40.0 Å². The maximum absolute atomic E-state index is 12.1. The molecule has 3 rings (SSSR count). The lowest BCUT2D eigenvalue weighted by atomic mass is 10.2. The fourth-order valence-electron chi connectivity index (χ4n) is 2.06. The van der Waals surface area contributed by atoms with Gasteiger partial charge in [-0.3, -0.25) is 0 Å². The topological polar surface area (TPSA) is 91.0 Å². The number of rotatable bonds is 5. The molecule has 0 aliphatic heterocycles. The third kappa shape index (κ3) is 3.51. The lowest BCUT2D eigenvalue weighted by Crippen LogP contribution is -2.01. The summed E-state index contributed by atoms with van der Waals surface area (Å²) in [5.74, 6) is 1.17. The highest BCUT2D eigenvalue weighted by Gasteiger charge is 2.14. The molecule has 0 aliphatic carbocycles. The summed E-state index contributed by atoms with van der Waals surface area (Å²) in [6.45, 7) is 5.87. The predicted molar refractivity (Wildman–Crippen MR) is 91.0 cm³/mol. The molecule has 8 heteroatoms. The molecule has 3 aromatic rings. The van der Waals surface area contributed by atoms with Gasteiger partial charge in [-0.1, -0.05) is 17.3 Å². The summed E-state index contributed by atoms with van der Waals surface area (Å²) < 4.78 is 22.6. The van der Waals surface area contributed by atoms with Gasteiger partial charge in [0.25, 0.3) is 5.89 Å². The third-order valence-electron chi connectivity index (χ3n) is 3.31. The smallest absolute Gasteiger partial charge is 0.258 e. The van der Waals surface area contributed by atoms with Gasteiger partial charge in [0.1, 0.15) is 12.8 Å². The van der Waals surface area contributed by atoms with Gasteiger partial charge in [-0.15, -0.1) is 0 Å². The molecular weight excluding hydrogens is 327 g/mol. The molecule has 0 amide bonds. The van der Waals surface area contributed by atoms with Gasteiger partial charge in [0.05, 0.1) is 19.0 Å².